The zero-order valence-electron chi connectivity index (χ0n) is 10.5. The second-order valence-electron chi connectivity index (χ2n) is 3.40. The fourth-order valence-corrected chi connectivity index (χ4v) is 1.65. The molecule has 1 heterocycles. The van der Waals surface area contributed by atoms with Gasteiger partial charge in [-0.25, -0.2) is 15.8 Å². The Bertz CT molecular complexity index is 378. The van der Waals surface area contributed by atoms with E-state index in [1.807, 2.05) is 13.2 Å². The molecule has 0 bridgehead atoms. The van der Waals surface area contributed by atoms with Crippen LogP contribution < -0.4 is 21.9 Å². The van der Waals surface area contributed by atoms with Crippen LogP contribution in [0.25, 0.3) is 0 Å². The zero-order chi connectivity index (χ0) is 13.4. The number of nitrogen functional groups attached to an aromatic ring is 1. The van der Waals surface area contributed by atoms with Crippen LogP contribution in [0.1, 0.15) is 13.3 Å². The molecular weight excluding hydrogens is 252 g/mol. The van der Waals surface area contributed by atoms with Crippen molar-refractivity contribution in [3.63, 3.8) is 0 Å². The van der Waals surface area contributed by atoms with Crippen molar-refractivity contribution in [1.82, 2.24) is 15.3 Å². The fourth-order valence-electron chi connectivity index (χ4n) is 1.27. The second-order valence-corrected chi connectivity index (χ2v) is 4.17. The first kappa shape index (κ1) is 14.5. The number of rotatable bonds is 7. The summed E-state index contributed by atoms with van der Waals surface area (Å²) in [4.78, 5) is 19.7. The summed E-state index contributed by atoms with van der Waals surface area (Å²) in [6.45, 7) is 3.05. The lowest BCUT2D eigenvalue weighted by Crippen LogP contribution is -2.25. The molecule has 8 heteroatoms. The Morgan fingerprint density at radius 1 is 1.44 bits per heavy atom. The largest absolute Gasteiger partial charge is 0.369 e. The number of nitrogens with one attached hydrogen (secondary N) is 3. The van der Waals surface area contributed by atoms with E-state index in [-0.39, 0.29) is 5.91 Å². The summed E-state index contributed by atoms with van der Waals surface area (Å²) in [6.07, 6.45) is 2.28. The van der Waals surface area contributed by atoms with Crippen LogP contribution in [-0.4, -0.2) is 35.2 Å². The Hall–Kier alpha value is -1.54. The van der Waals surface area contributed by atoms with Crippen molar-refractivity contribution in [2.45, 2.75) is 18.5 Å². The maximum atomic E-state index is 11.3. The highest BCUT2D eigenvalue weighted by Gasteiger charge is 2.04. The normalized spacial score (nSPS) is 9.94. The zero-order valence-corrected chi connectivity index (χ0v) is 11.3. The molecule has 5 N–H and O–H groups in total. The minimum atomic E-state index is 0.0151. The van der Waals surface area contributed by atoms with E-state index in [1.54, 1.807) is 6.07 Å². The number of anilines is 2. The van der Waals surface area contributed by atoms with Gasteiger partial charge in [-0.2, -0.15) is 0 Å². The van der Waals surface area contributed by atoms with Crippen molar-refractivity contribution in [1.29, 1.82) is 0 Å². The van der Waals surface area contributed by atoms with E-state index in [1.165, 1.54) is 11.8 Å². The molecular formula is C10H18N6OS. The van der Waals surface area contributed by atoms with Gasteiger partial charge in [0.05, 0.1) is 0 Å². The highest BCUT2D eigenvalue weighted by atomic mass is 32.2. The number of thioether (sulfide) groups is 1. The maximum absolute atomic E-state index is 11.3. The third kappa shape index (κ3) is 4.76. The fraction of sp³-hybridized carbons (Fsp3) is 0.500. The number of hydrogen-bond donors (Lipinski definition) is 4. The van der Waals surface area contributed by atoms with Gasteiger partial charge in [0.25, 0.3) is 0 Å². The standard InChI is InChI=1S/C10H18N6OS/c1-3-12-9(17)4-5-13-7-6-8(16-11)15-10(14-7)18-2/h6H,3-5,11H2,1-2H3,(H,12,17)(H2,13,14,15,16). The molecule has 0 aliphatic heterocycles. The first-order chi connectivity index (χ1) is 8.69. The highest BCUT2D eigenvalue weighted by Crippen LogP contribution is 2.16. The molecule has 7 nitrogen and oxygen atoms in total. The summed E-state index contributed by atoms with van der Waals surface area (Å²) in [7, 11) is 0. The number of carbonyl (C=O) groups is 1. The molecule has 0 aromatic carbocycles. The first-order valence-electron chi connectivity index (χ1n) is 5.59. The molecule has 0 aliphatic rings. The predicted molar refractivity (Wildman–Crippen MR) is 73.4 cm³/mol. The first-order valence-corrected chi connectivity index (χ1v) is 6.82. The lowest BCUT2D eigenvalue weighted by Gasteiger charge is -2.08. The molecule has 0 radical (unpaired) electrons. The van der Waals surface area contributed by atoms with Gasteiger partial charge in [0, 0.05) is 25.6 Å². The highest BCUT2D eigenvalue weighted by molar-refractivity contribution is 7.98. The van der Waals surface area contributed by atoms with E-state index in [9.17, 15) is 4.79 Å². The third-order valence-electron chi connectivity index (χ3n) is 2.07. The van der Waals surface area contributed by atoms with Crippen molar-refractivity contribution >= 4 is 29.3 Å². The topological polar surface area (TPSA) is 105 Å². The quantitative estimate of drug-likeness (QED) is 0.246. The van der Waals surface area contributed by atoms with Crippen molar-refractivity contribution in [3.05, 3.63) is 6.07 Å². The van der Waals surface area contributed by atoms with Crippen molar-refractivity contribution < 1.29 is 4.79 Å². The van der Waals surface area contributed by atoms with Gasteiger partial charge in [-0.3, -0.25) is 4.79 Å². The number of nitrogens with two attached hydrogens (primary N) is 1. The van der Waals surface area contributed by atoms with Gasteiger partial charge in [-0.15, -0.1) is 0 Å². The molecule has 100 valence electrons. The summed E-state index contributed by atoms with van der Waals surface area (Å²) in [5.74, 6) is 6.51. The van der Waals surface area contributed by atoms with E-state index in [0.29, 0.717) is 36.3 Å². The molecule has 0 saturated carbocycles. The average molecular weight is 270 g/mol. The molecule has 0 fully saturated rings. The molecule has 0 saturated heterocycles. The smallest absolute Gasteiger partial charge is 0.221 e. The van der Waals surface area contributed by atoms with Crippen molar-refractivity contribution in [3.8, 4) is 0 Å². The van der Waals surface area contributed by atoms with Gasteiger partial charge in [-0.1, -0.05) is 11.8 Å². The number of carbonyl (C=O) groups excluding carboxylic acids is 1. The lowest BCUT2D eigenvalue weighted by molar-refractivity contribution is -0.120. The van der Waals surface area contributed by atoms with Gasteiger partial charge in [-0.05, 0) is 13.2 Å². The van der Waals surface area contributed by atoms with Crippen LogP contribution in [0.2, 0.25) is 0 Å². The number of nitrogens with zero attached hydrogens (tertiary/aromatic N) is 2. The summed E-state index contributed by atoms with van der Waals surface area (Å²) < 4.78 is 0. The lowest BCUT2D eigenvalue weighted by atomic mass is 10.4. The number of hydrazine groups is 1. The molecule has 0 aliphatic carbocycles. The molecule has 18 heavy (non-hydrogen) atoms. The van der Waals surface area contributed by atoms with Crippen LogP contribution in [0, 0.1) is 0 Å². The number of amides is 1. The Balaban J connectivity index is 2.53. The van der Waals surface area contributed by atoms with Crippen LogP contribution >= 0.6 is 11.8 Å². The molecule has 1 rings (SSSR count). The van der Waals surface area contributed by atoms with Crippen LogP contribution in [0.3, 0.4) is 0 Å². The minimum absolute atomic E-state index is 0.0151. The molecule has 0 atom stereocenters. The van der Waals surface area contributed by atoms with Crippen molar-refractivity contribution in [2.75, 3.05) is 30.1 Å². The van der Waals surface area contributed by atoms with Crippen LogP contribution in [0.4, 0.5) is 11.6 Å². The summed E-state index contributed by atoms with van der Waals surface area (Å²) in [5.41, 5.74) is 2.48. The minimum Gasteiger partial charge on any atom is -0.369 e. The summed E-state index contributed by atoms with van der Waals surface area (Å²) >= 11 is 1.42. The Morgan fingerprint density at radius 3 is 2.78 bits per heavy atom. The maximum Gasteiger partial charge on any atom is 0.221 e. The van der Waals surface area contributed by atoms with E-state index in [4.69, 9.17) is 5.84 Å². The van der Waals surface area contributed by atoms with E-state index in [0.717, 1.165) is 0 Å². The van der Waals surface area contributed by atoms with Gasteiger partial charge >= 0.3 is 0 Å². The van der Waals surface area contributed by atoms with Gasteiger partial charge in [0.2, 0.25) is 5.91 Å². The van der Waals surface area contributed by atoms with Crippen LogP contribution in [0.15, 0.2) is 11.2 Å². The molecule has 0 unspecified atom stereocenters. The molecule has 1 aromatic heterocycles. The Morgan fingerprint density at radius 2 is 2.17 bits per heavy atom. The molecule has 0 spiro atoms. The van der Waals surface area contributed by atoms with Crippen LogP contribution in [-0.2, 0) is 4.79 Å². The Kier molecular flexibility index (Phi) is 6.23. The SMILES string of the molecule is CCNC(=O)CCNc1cc(NN)nc(SC)n1. The molecule has 1 aromatic rings. The summed E-state index contributed by atoms with van der Waals surface area (Å²) in [5, 5.41) is 6.41. The average Bonchev–Trinajstić information content (AvgIpc) is 2.38. The molecule has 1 amide bonds. The van der Waals surface area contributed by atoms with E-state index in [2.05, 4.69) is 26.0 Å². The van der Waals surface area contributed by atoms with Crippen molar-refractivity contribution in [2.24, 2.45) is 5.84 Å². The monoisotopic (exact) mass is 270 g/mol. The summed E-state index contributed by atoms with van der Waals surface area (Å²) in [6, 6.07) is 1.69. The van der Waals surface area contributed by atoms with E-state index < -0.39 is 0 Å². The van der Waals surface area contributed by atoms with Gasteiger partial charge in [0.1, 0.15) is 11.6 Å². The number of hydrogen-bond acceptors (Lipinski definition) is 7. The Labute approximate surface area is 110 Å². The van der Waals surface area contributed by atoms with Gasteiger partial charge < -0.3 is 16.1 Å². The van der Waals surface area contributed by atoms with E-state index >= 15 is 0 Å². The number of aromatic nitrogens is 2. The van der Waals surface area contributed by atoms with Crippen LogP contribution in [0.5, 0.6) is 0 Å². The third-order valence-corrected chi connectivity index (χ3v) is 2.62. The predicted octanol–water partition coefficient (Wildman–Crippen LogP) is 0.422. The second kappa shape index (κ2) is 7.72. The van der Waals surface area contributed by atoms with Gasteiger partial charge in [0.15, 0.2) is 5.16 Å².